The summed E-state index contributed by atoms with van der Waals surface area (Å²) in [5.74, 6) is -0.591. The summed E-state index contributed by atoms with van der Waals surface area (Å²) in [6.07, 6.45) is 1.48. The minimum absolute atomic E-state index is 0.0174. The lowest BCUT2D eigenvalue weighted by Crippen LogP contribution is -2.17. The van der Waals surface area contributed by atoms with Crippen LogP contribution in [0.4, 0.5) is 0 Å². The first-order chi connectivity index (χ1) is 8.19. The summed E-state index contributed by atoms with van der Waals surface area (Å²) in [6, 6.07) is 3.03. The van der Waals surface area contributed by atoms with Gasteiger partial charge >= 0.3 is 5.97 Å². The van der Waals surface area contributed by atoms with E-state index in [0.717, 1.165) is 12.1 Å². The van der Waals surface area contributed by atoms with Crippen molar-refractivity contribution < 1.29 is 19.4 Å². The molecule has 2 rings (SSSR count). The van der Waals surface area contributed by atoms with Gasteiger partial charge in [0.2, 0.25) is 5.88 Å². The molecular weight excluding hydrogens is 222 g/mol. The van der Waals surface area contributed by atoms with E-state index in [4.69, 9.17) is 14.6 Å². The van der Waals surface area contributed by atoms with Crippen LogP contribution in [0.25, 0.3) is 0 Å². The van der Waals surface area contributed by atoms with E-state index in [1.165, 1.54) is 6.07 Å². The fraction of sp³-hybridized carbons (Fsp3) is 0.500. The summed E-state index contributed by atoms with van der Waals surface area (Å²) < 4.78 is 10.8. The number of aryl methyl sites for hydroxylation is 1. The molecule has 5 heteroatoms. The molecule has 1 N–H and O–H groups in total. The first kappa shape index (κ1) is 11.9. The van der Waals surface area contributed by atoms with Crippen LogP contribution in [-0.4, -0.2) is 35.4 Å². The van der Waals surface area contributed by atoms with Crippen LogP contribution in [0.1, 0.15) is 29.4 Å². The van der Waals surface area contributed by atoms with Crippen molar-refractivity contribution in [3.05, 3.63) is 23.4 Å². The second kappa shape index (κ2) is 5.14. The standard InChI is InChI=1S/C12H15NO4/c1-2-9-5-8(12(14)15)6-11(13-9)17-10-3-4-16-7-10/h5-6,10H,2-4,7H2,1H3,(H,14,15). The summed E-state index contributed by atoms with van der Waals surface area (Å²) in [7, 11) is 0. The highest BCUT2D eigenvalue weighted by atomic mass is 16.5. The Morgan fingerprint density at radius 3 is 3.06 bits per heavy atom. The van der Waals surface area contributed by atoms with E-state index >= 15 is 0 Å². The zero-order valence-electron chi connectivity index (χ0n) is 9.68. The highest BCUT2D eigenvalue weighted by molar-refractivity contribution is 5.88. The number of aromatic nitrogens is 1. The number of carboxylic acid groups (broad SMARTS) is 1. The Morgan fingerprint density at radius 2 is 2.47 bits per heavy atom. The molecule has 1 aromatic heterocycles. The Morgan fingerprint density at radius 1 is 1.65 bits per heavy atom. The Balaban J connectivity index is 2.19. The third-order valence-corrected chi connectivity index (χ3v) is 2.64. The summed E-state index contributed by atoms with van der Waals surface area (Å²) in [5.41, 5.74) is 0.935. The van der Waals surface area contributed by atoms with Gasteiger partial charge in [0.05, 0.1) is 18.8 Å². The maximum Gasteiger partial charge on any atom is 0.335 e. The lowest BCUT2D eigenvalue weighted by Gasteiger charge is -2.12. The van der Waals surface area contributed by atoms with Gasteiger partial charge in [0.15, 0.2) is 0 Å². The Hall–Kier alpha value is -1.62. The van der Waals surface area contributed by atoms with Crippen molar-refractivity contribution in [2.45, 2.75) is 25.9 Å². The fourth-order valence-electron chi connectivity index (χ4n) is 1.70. The third kappa shape index (κ3) is 2.94. The molecule has 1 aliphatic heterocycles. The van der Waals surface area contributed by atoms with Gasteiger partial charge in [0.1, 0.15) is 6.10 Å². The zero-order chi connectivity index (χ0) is 12.3. The van der Waals surface area contributed by atoms with Crippen LogP contribution in [0.3, 0.4) is 0 Å². The van der Waals surface area contributed by atoms with Crippen molar-refractivity contribution >= 4 is 5.97 Å². The Bertz CT molecular complexity index is 413. The first-order valence-electron chi connectivity index (χ1n) is 5.67. The van der Waals surface area contributed by atoms with E-state index in [9.17, 15) is 4.79 Å². The molecule has 0 aromatic carbocycles. The Kier molecular flexibility index (Phi) is 3.58. The van der Waals surface area contributed by atoms with E-state index < -0.39 is 5.97 Å². The van der Waals surface area contributed by atoms with Crippen molar-refractivity contribution in [2.75, 3.05) is 13.2 Å². The van der Waals surface area contributed by atoms with Gasteiger partial charge in [-0.2, -0.15) is 0 Å². The second-order valence-corrected chi connectivity index (χ2v) is 3.95. The van der Waals surface area contributed by atoms with Gasteiger partial charge in [-0.3, -0.25) is 0 Å². The second-order valence-electron chi connectivity index (χ2n) is 3.95. The number of rotatable bonds is 4. The molecule has 0 saturated carbocycles. The van der Waals surface area contributed by atoms with Crippen molar-refractivity contribution in [3.8, 4) is 5.88 Å². The number of nitrogens with zero attached hydrogens (tertiary/aromatic N) is 1. The third-order valence-electron chi connectivity index (χ3n) is 2.64. The number of pyridine rings is 1. The van der Waals surface area contributed by atoms with E-state index in [2.05, 4.69) is 4.98 Å². The fourth-order valence-corrected chi connectivity index (χ4v) is 1.70. The Labute approximate surface area is 99.4 Å². The highest BCUT2D eigenvalue weighted by Crippen LogP contribution is 2.18. The monoisotopic (exact) mass is 237 g/mol. The molecule has 92 valence electrons. The number of ether oxygens (including phenoxy) is 2. The van der Waals surface area contributed by atoms with Crippen LogP contribution in [0, 0.1) is 0 Å². The van der Waals surface area contributed by atoms with Crippen LogP contribution >= 0.6 is 0 Å². The van der Waals surface area contributed by atoms with E-state index in [1.807, 2.05) is 6.92 Å². The molecule has 1 aliphatic rings. The zero-order valence-corrected chi connectivity index (χ0v) is 9.68. The number of hydrogen-bond acceptors (Lipinski definition) is 4. The molecule has 0 spiro atoms. The molecule has 17 heavy (non-hydrogen) atoms. The lowest BCUT2D eigenvalue weighted by molar-refractivity contribution is 0.0695. The molecule has 5 nitrogen and oxygen atoms in total. The van der Waals surface area contributed by atoms with Crippen molar-refractivity contribution in [1.29, 1.82) is 0 Å². The maximum absolute atomic E-state index is 11.0. The molecule has 0 radical (unpaired) electrons. The minimum Gasteiger partial charge on any atom is -0.478 e. The number of hydrogen-bond donors (Lipinski definition) is 1. The van der Waals surface area contributed by atoms with Crippen molar-refractivity contribution in [2.24, 2.45) is 0 Å². The van der Waals surface area contributed by atoms with Gasteiger partial charge in [-0.15, -0.1) is 0 Å². The lowest BCUT2D eigenvalue weighted by atomic mass is 10.2. The predicted molar refractivity (Wildman–Crippen MR) is 60.4 cm³/mol. The number of aromatic carboxylic acids is 1. The number of carbonyl (C=O) groups is 1. The average molecular weight is 237 g/mol. The number of carboxylic acids is 1. The summed E-state index contributed by atoms with van der Waals surface area (Å²) in [5, 5.41) is 8.98. The smallest absolute Gasteiger partial charge is 0.335 e. The van der Waals surface area contributed by atoms with Gasteiger partial charge in [-0.25, -0.2) is 9.78 Å². The predicted octanol–water partition coefficient (Wildman–Crippen LogP) is 1.51. The molecule has 1 fully saturated rings. The molecule has 1 aromatic rings. The topological polar surface area (TPSA) is 68.7 Å². The molecule has 0 amide bonds. The molecule has 0 aliphatic carbocycles. The SMILES string of the molecule is CCc1cc(C(=O)O)cc(OC2CCOC2)n1. The van der Waals surface area contributed by atoms with Gasteiger partial charge in [0.25, 0.3) is 0 Å². The molecule has 2 heterocycles. The maximum atomic E-state index is 11.0. The normalized spacial score (nSPS) is 19.2. The summed E-state index contributed by atoms with van der Waals surface area (Å²) in [6.45, 7) is 3.15. The van der Waals surface area contributed by atoms with Crippen LogP contribution in [0.15, 0.2) is 12.1 Å². The van der Waals surface area contributed by atoms with Crippen molar-refractivity contribution in [3.63, 3.8) is 0 Å². The quantitative estimate of drug-likeness (QED) is 0.859. The van der Waals surface area contributed by atoms with E-state index in [0.29, 0.717) is 25.5 Å². The van der Waals surface area contributed by atoms with Crippen LogP contribution in [0.5, 0.6) is 5.88 Å². The van der Waals surface area contributed by atoms with Crippen molar-refractivity contribution in [1.82, 2.24) is 4.98 Å². The van der Waals surface area contributed by atoms with E-state index in [-0.39, 0.29) is 11.7 Å². The average Bonchev–Trinajstić information content (AvgIpc) is 2.81. The molecule has 0 bridgehead atoms. The van der Waals surface area contributed by atoms with Crippen LogP contribution < -0.4 is 4.74 Å². The van der Waals surface area contributed by atoms with Gasteiger partial charge < -0.3 is 14.6 Å². The largest absolute Gasteiger partial charge is 0.478 e. The molecule has 1 unspecified atom stereocenters. The molecule has 1 atom stereocenters. The van der Waals surface area contributed by atoms with Crippen LogP contribution in [0.2, 0.25) is 0 Å². The summed E-state index contributed by atoms with van der Waals surface area (Å²) >= 11 is 0. The van der Waals surface area contributed by atoms with Crippen LogP contribution in [-0.2, 0) is 11.2 Å². The molecule has 1 saturated heterocycles. The summed E-state index contributed by atoms with van der Waals surface area (Å²) in [4.78, 5) is 15.2. The highest BCUT2D eigenvalue weighted by Gasteiger charge is 2.18. The van der Waals surface area contributed by atoms with Gasteiger partial charge in [-0.05, 0) is 12.5 Å². The van der Waals surface area contributed by atoms with Gasteiger partial charge in [-0.1, -0.05) is 6.92 Å². The van der Waals surface area contributed by atoms with E-state index in [1.54, 1.807) is 6.07 Å². The van der Waals surface area contributed by atoms with Gasteiger partial charge in [0, 0.05) is 18.2 Å². The minimum atomic E-state index is -0.963. The first-order valence-corrected chi connectivity index (χ1v) is 5.67. The molecular formula is C12H15NO4.